The third-order valence-corrected chi connectivity index (χ3v) is 5.80. The predicted molar refractivity (Wildman–Crippen MR) is 122 cm³/mol. The van der Waals surface area contributed by atoms with Crippen molar-refractivity contribution in [3.63, 3.8) is 0 Å². The highest BCUT2D eigenvalue weighted by Crippen LogP contribution is 2.26. The third-order valence-electron chi connectivity index (χ3n) is 5.80. The number of nitrogens with one attached hydrogen (secondary N) is 1. The molecule has 0 bridgehead atoms. The maximum absolute atomic E-state index is 13.2. The van der Waals surface area contributed by atoms with Crippen molar-refractivity contribution in [1.82, 2.24) is 10.2 Å². The van der Waals surface area contributed by atoms with Crippen LogP contribution in [0.5, 0.6) is 17.2 Å². The number of carbonyl (C=O) groups excluding carboxylic acids is 2. The lowest BCUT2D eigenvalue weighted by Gasteiger charge is -2.29. The van der Waals surface area contributed by atoms with Gasteiger partial charge in [0.15, 0.2) is 18.1 Å². The third kappa shape index (κ3) is 6.15. The molecule has 0 radical (unpaired) electrons. The van der Waals surface area contributed by atoms with Gasteiger partial charge in [0.1, 0.15) is 11.8 Å². The molecule has 1 atom stereocenters. The standard InChI is InChI=1S/C25H32N2O5/c1-18(25(29)26-20-8-4-5-9-20)27(16-19-12-14-21(30-2)15-13-19)24(28)17-32-23-11-7-6-10-22(23)31-3/h6-7,10-15,18,20H,4-5,8-9,16-17H2,1-3H3,(H,26,29)/t18-/m1/s1. The van der Waals surface area contributed by atoms with Crippen LogP contribution in [0.15, 0.2) is 48.5 Å². The van der Waals surface area contributed by atoms with E-state index in [1.807, 2.05) is 36.4 Å². The van der Waals surface area contributed by atoms with Gasteiger partial charge >= 0.3 is 0 Å². The summed E-state index contributed by atoms with van der Waals surface area (Å²) in [6.45, 7) is 1.85. The molecule has 32 heavy (non-hydrogen) atoms. The highest BCUT2D eigenvalue weighted by atomic mass is 16.5. The van der Waals surface area contributed by atoms with E-state index in [0.717, 1.165) is 37.0 Å². The lowest BCUT2D eigenvalue weighted by molar-refractivity contribution is -0.142. The van der Waals surface area contributed by atoms with E-state index in [-0.39, 0.29) is 31.0 Å². The SMILES string of the molecule is COc1ccc(CN(C(=O)COc2ccccc2OC)[C@H](C)C(=O)NC2CCCC2)cc1. The number of benzene rings is 2. The number of amides is 2. The van der Waals surface area contributed by atoms with Crippen molar-refractivity contribution in [2.45, 2.75) is 51.2 Å². The number of methoxy groups -OCH3 is 2. The first-order chi connectivity index (χ1) is 15.5. The average Bonchev–Trinajstić information content (AvgIpc) is 3.34. The average molecular weight is 441 g/mol. The van der Waals surface area contributed by atoms with Crippen molar-refractivity contribution < 1.29 is 23.8 Å². The maximum atomic E-state index is 13.2. The van der Waals surface area contributed by atoms with Crippen LogP contribution in [0.25, 0.3) is 0 Å². The first kappa shape index (κ1) is 23.4. The van der Waals surface area contributed by atoms with Crippen LogP contribution in [0.3, 0.4) is 0 Å². The molecular weight excluding hydrogens is 408 g/mol. The lowest BCUT2D eigenvalue weighted by Crippen LogP contribution is -2.50. The van der Waals surface area contributed by atoms with Crippen molar-refractivity contribution in [3.05, 3.63) is 54.1 Å². The Labute approximate surface area is 189 Å². The summed E-state index contributed by atoms with van der Waals surface area (Å²) in [6, 6.07) is 14.2. The Morgan fingerprint density at radius 1 is 1.00 bits per heavy atom. The van der Waals surface area contributed by atoms with Gasteiger partial charge in [-0.05, 0) is 49.6 Å². The van der Waals surface area contributed by atoms with Gasteiger partial charge in [0.2, 0.25) is 5.91 Å². The first-order valence-corrected chi connectivity index (χ1v) is 11.0. The van der Waals surface area contributed by atoms with E-state index < -0.39 is 6.04 Å². The summed E-state index contributed by atoms with van der Waals surface area (Å²) in [5, 5.41) is 3.10. The molecule has 1 N–H and O–H groups in total. The Kier molecular flexibility index (Phi) is 8.36. The minimum atomic E-state index is -0.633. The van der Waals surface area contributed by atoms with E-state index in [9.17, 15) is 9.59 Å². The Morgan fingerprint density at radius 3 is 2.28 bits per heavy atom. The molecule has 2 aromatic carbocycles. The number of rotatable bonds is 10. The number of carbonyl (C=O) groups is 2. The normalized spacial score (nSPS) is 14.5. The van der Waals surface area contributed by atoms with Crippen molar-refractivity contribution in [1.29, 1.82) is 0 Å². The molecule has 2 amide bonds. The van der Waals surface area contributed by atoms with Crippen LogP contribution < -0.4 is 19.5 Å². The summed E-state index contributed by atoms with van der Waals surface area (Å²) in [5.74, 6) is 1.35. The monoisotopic (exact) mass is 440 g/mol. The molecule has 3 rings (SSSR count). The van der Waals surface area contributed by atoms with Gasteiger partial charge in [-0.2, -0.15) is 0 Å². The second-order valence-electron chi connectivity index (χ2n) is 7.98. The van der Waals surface area contributed by atoms with Gasteiger partial charge < -0.3 is 24.4 Å². The second kappa shape index (κ2) is 11.4. The zero-order chi connectivity index (χ0) is 22.9. The summed E-state index contributed by atoms with van der Waals surface area (Å²) in [7, 11) is 3.16. The van der Waals surface area contributed by atoms with Crippen LogP contribution in [0.2, 0.25) is 0 Å². The van der Waals surface area contributed by atoms with E-state index >= 15 is 0 Å². The Bertz CT molecular complexity index is 893. The summed E-state index contributed by atoms with van der Waals surface area (Å²) in [6.07, 6.45) is 4.23. The molecular formula is C25H32N2O5. The molecule has 0 saturated heterocycles. The molecule has 7 heteroatoms. The van der Waals surface area contributed by atoms with Crippen LogP contribution in [-0.4, -0.2) is 49.6 Å². The molecule has 0 aliphatic heterocycles. The molecule has 0 spiro atoms. The highest BCUT2D eigenvalue weighted by Gasteiger charge is 2.29. The van der Waals surface area contributed by atoms with Crippen LogP contribution in [0.1, 0.15) is 38.2 Å². The molecule has 2 aromatic rings. The molecule has 0 heterocycles. The maximum Gasteiger partial charge on any atom is 0.261 e. The van der Waals surface area contributed by atoms with Gasteiger partial charge in [0.25, 0.3) is 5.91 Å². The van der Waals surface area contributed by atoms with Crippen LogP contribution in [0.4, 0.5) is 0 Å². The molecule has 1 fully saturated rings. The molecule has 7 nitrogen and oxygen atoms in total. The fourth-order valence-electron chi connectivity index (χ4n) is 3.86. The van der Waals surface area contributed by atoms with Gasteiger partial charge in [0.05, 0.1) is 14.2 Å². The fourth-order valence-corrected chi connectivity index (χ4v) is 3.86. The zero-order valence-electron chi connectivity index (χ0n) is 19.0. The van der Waals surface area contributed by atoms with Gasteiger partial charge in [-0.1, -0.05) is 37.1 Å². The summed E-state index contributed by atoms with van der Waals surface area (Å²) in [5.41, 5.74) is 0.900. The Balaban J connectivity index is 1.72. The molecule has 1 saturated carbocycles. The lowest BCUT2D eigenvalue weighted by atomic mass is 10.1. The molecule has 1 aliphatic carbocycles. The van der Waals surface area contributed by atoms with Crippen molar-refractivity contribution >= 4 is 11.8 Å². The van der Waals surface area contributed by atoms with E-state index in [2.05, 4.69) is 5.32 Å². The summed E-state index contributed by atoms with van der Waals surface area (Å²) in [4.78, 5) is 27.7. The molecule has 1 aliphatic rings. The predicted octanol–water partition coefficient (Wildman–Crippen LogP) is 3.56. The molecule has 172 valence electrons. The minimum Gasteiger partial charge on any atom is -0.497 e. The largest absolute Gasteiger partial charge is 0.497 e. The Hall–Kier alpha value is -3.22. The van der Waals surface area contributed by atoms with Gasteiger partial charge in [-0.15, -0.1) is 0 Å². The summed E-state index contributed by atoms with van der Waals surface area (Å²) >= 11 is 0. The number of nitrogens with zero attached hydrogens (tertiary/aromatic N) is 1. The number of hydrogen-bond donors (Lipinski definition) is 1. The van der Waals surface area contributed by atoms with E-state index in [1.54, 1.807) is 38.2 Å². The molecule has 0 unspecified atom stereocenters. The fraction of sp³-hybridized carbons (Fsp3) is 0.440. The number of hydrogen-bond acceptors (Lipinski definition) is 5. The zero-order valence-corrected chi connectivity index (χ0v) is 19.0. The van der Waals surface area contributed by atoms with Crippen molar-refractivity contribution in [3.8, 4) is 17.2 Å². The number of para-hydroxylation sites is 2. The quantitative estimate of drug-likeness (QED) is 0.611. The first-order valence-electron chi connectivity index (χ1n) is 11.0. The van der Waals surface area contributed by atoms with Crippen LogP contribution in [-0.2, 0) is 16.1 Å². The van der Waals surface area contributed by atoms with Gasteiger partial charge in [0, 0.05) is 12.6 Å². The topological polar surface area (TPSA) is 77.1 Å². The minimum absolute atomic E-state index is 0.143. The van der Waals surface area contributed by atoms with Crippen LogP contribution in [0, 0.1) is 0 Å². The highest BCUT2D eigenvalue weighted by molar-refractivity contribution is 5.88. The molecule has 0 aromatic heterocycles. The van der Waals surface area contributed by atoms with Crippen molar-refractivity contribution in [2.24, 2.45) is 0 Å². The Morgan fingerprint density at radius 2 is 1.66 bits per heavy atom. The smallest absolute Gasteiger partial charge is 0.261 e. The van der Waals surface area contributed by atoms with E-state index in [1.165, 1.54) is 0 Å². The van der Waals surface area contributed by atoms with Gasteiger partial charge in [-0.25, -0.2) is 0 Å². The van der Waals surface area contributed by atoms with Gasteiger partial charge in [-0.3, -0.25) is 9.59 Å². The second-order valence-corrected chi connectivity index (χ2v) is 7.98. The van der Waals surface area contributed by atoms with Crippen molar-refractivity contribution in [2.75, 3.05) is 20.8 Å². The van der Waals surface area contributed by atoms with E-state index in [0.29, 0.717) is 11.5 Å². The summed E-state index contributed by atoms with van der Waals surface area (Å²) < 4.78 is 16.2. The number of ether oxygens (including phenoxy) is 3. The van der Waals surface area contributed by atoms with Crippen LogP contribution >= 0.6 is 0 Å². The van der Waals surface area contributed by atoms with E-state index in [4.69, 9.17) is 14.2 Å².